The lowest BCUT2D eigenvalue weighted by molar-refractivity contribution is -0.147. The molecule has 2 aliphatic heterocycles. The summed E-state index contributed by atoms with van der Waals surface area (Å²) in [6, 6.07) is 0. The van der Waals surface area contributed by atoms with Crippen LogP contribution in [0, 0.1) is 0 Å². The average molecular weight is 220 g/mol. The second kappa shape index (κ2) is 5.05. The van der Waals surface area contributed by atoms with Crippen LogP contribution in [0.4, 0.5) is 0 Å². The first-order chi connectivity index (χ1) is 7.77. The average Bonchev–Trinajstić information content (AvgIpc) is 2.75. The van der Waals surface area contributed by atoms with E-state index >= 15 is 0 Å². The van der Waals surface area contributed by atoms with E-state index in [9.17, 15) is 9.59 Å². The highest BCUT2D eigenvalue weighted by Gasteiger charge is 2.24. The molecule has 0 atom stereocenters. The van der Waals surface area contributed by atoms with Crippen LogP contribution in [0.25, 0.3) is 0 Å². The monoisotopic (exact) mass is 220 g/mol. The molecule has 0 aliphatic carbocycles. The van der Waals surface area contributed by atoms with Crippen LogP contribution in [0.15, 0.2) is 16.6 Å². The number of hydrogen-bond acceptors (Lipinski definition) is 3. The van der Waals surface area contributed by atoms with Crippen molar-refractivity contribution in [1.29, 1.82) is 0 Å². The summed E-state index contributed by atoms with van der Waals surface area (Å²) in [7, 11) is 0. The summed E-state index contributed by atoms with van der Waals surface area (Å²) in [5, 5.41) is 0. The molecule has 2 amide bonds. The zero-order valence-corrected chi connectivity index (χ0v) is 9.32. The van der Waals surface area contributed by atoms with Crippen molar-refractivity contribution in [2.45, 2.75) is 32.1 Å². The van der Waals surface area contributed by atoms with Crippen molar-refractivity contribution in [2.75, 3.05) is 13.1 Å². The van der Waals surface area contributed by atoms with E-state index in [1.165, 1.54) is 10.5 Å². The largest absolute Gasteiger partial charge is 0.289 e. The first-order valence-electron chi connectivity index (χ1n) is 5.79. The SMILES string of the molecule is O=C1CCCC(=O)N1CCCC1=CCN=C1. The number of amides is 2. The van der Waals surface area contributed by atoms with Gasteiger partial charge in [-0.3, -0.25) is 19.5 Å². The summed E-state index contributed by atoms with van der Waals surface area (Å²) in [6.45, 7) is 1.33. The fraction of sp³-hybridized carbons (Fsp3) is 0.583. The number of nitrogens with zero attached hydrogens (tertiary/aromatic N) is 2. The standard InChI is InChI=1S/C12H16N2O2/c15-11-4-1-5-12(16)14(11)8-2-3-10-6-7-13-9-10/h6,9H,1-5,7-8H2. The van der Waals surface area contributed by atoms with Crippen LogP contribution in [0.1, 0.15) is 32.1 Å². The van der Waals surface area contributed by atoms with Crippen molar-refractivity contribution in [2.24, 2.45) is 4.99 Å². The molecular formula is C12H16N2O2. The van der Waals surface area contributed by atoms with Crippen molar-refractivity contribution in [3.8, 4) is 0 Å². The maximum Gasteiger partial charge on any atom is 0.229 e. The molecule has 16 heavy (non-hydrogen) atoms. The lowest BCUT2D eigenvalue weighted by atomic mass is 10.1. The van der Waals surface area contributed by atoms with Gasteiger partial charge in [-0.1, -0.05) is 6.08 Å². The van der Waals surface area contributed by atoms with Crippen LogP contribution in [0.5, 0.6) is 0 Å². The van der Waals surface area contributed by atoms with Crippen LogP contribution in [-0.2, 0) is 9.59 Å². The van der Waals surface area contributed by atoms with E-state index in [2.05, 4.69) is 11.1 Å². The van der Waals surface area contributed by atoms with Gasteiger partial charge in [-0.05, 0) is 24.8 Å². The van der Waals surface area contributed by atoms with Gasteiger partial charge in [0.2, 0.25) is 11.8 Å². The summed E-state index contributed by atoms with van der Waals surface area (Å²) in [4.78, 5) is 28.5. The molecule has 2 heterocycles. The summed E-state index contributed by atoms with van der Waals surface area (Å²) in [5.74, 6) is -0.0179. The number of imide groups is 1. The normalized spacial score (nSPS) is 20.5. The highest BCUT2D eigenvalue weighted by Crippen LogP contribution is 2.14. The first kappa shape index (κ1) is 11.0. The summed E-state index contributed by atoms with van der Waals surface area (Å²) in [6.07, 6.45) is 7.47. The van der Waals surface area contributed by atoms with Crippen molar-refractivity contribution in [3.05, 3.63) is 11.6 Å². The Kier molecular flexibility index (Phi) is 3.49. The van der Waals surface area contributed by atoms with Crippen molar-refractivity contribution < 1.29 is 9.59 Å². The molecule has 0 radical (unpaired) electrons. The molecule has 86 valence electrons. The quantitative estimate of drug-likeness (QED) is 0.671. The highest BCUT2D eigenvalue weighted by atomic mass is 16.2. The Morgan fingerprint density at radius 2 is 2.00 bits per heavy atom. The van der Waals surface area contributed by atoms with Gasteiger partial charge in [0.25, 0.3) is 0 Å². The van der Waals surface area contributed by atoms with E-state index in [1.807, 2.05) is 6.21 Å². The predicted octanol–water partition coefficient (Wildman–Crippen LogP) is 1.32. The molecular weight excluding hydrogens is 204 g/mol. The van der Waals surface area contributed by atoms with Gasteiger partial charge in [0.1, 0.15) is 0 Å². The van der Waals surface area contributed by atoms with E-state index in [-0.39, 0.29) is 11.8 Å². The molecule has 0 unspecified atom stereocenters. The summed E-state index contributed by atoms with van der Waals surface area (Å²) < 4.78 is 0. The van der Waals surface area contributed by atoms with Gasteiger partial charge in [0.05, 0.1) is 6.54 Å². The van der Waals surface area contributed by atoms with E-state index in [0.29, 0.717) is 25.8 Å². The van der Waals surface area contributed by atoms with E-state index in [1.54, 1.807) is 0 Å². The van der Waals surface area contributed by atoms with Crippen molar-refractivity contribution in [1.82, 2.24) is 4.90 Å². The van der Waals surface area contributed by atoms with E-state index in [0.717, 1.165) is 19.4 Å². The molecule has 0 aromatic carbocycles. The highest BCUT2D eigenvalue weighted by molar-refractivity contribution is 5.97. The maximum atomic E-state index is 11.5. The van der Waals surface area contributed by atoms with Crippen LogP contribution in [0.3, 0.4) is 0 Å². The molecule has 0 N–H and O–H groups in total. The Morgan fingerprint density at radius 1 is 1.25 bits per heavy atom. The summed E-state index contributed by atoms with van der Waals surface area (Å²) >= 11 is 0. The Morgan fingerprint density at radius 3 is 2.62 bits per heavy atom. The third kappa shape index (κ3) is 2.56. The summed E-state index contributed by atoms with van der Waals surface area (Å²) in [5.41, 5.74) is 1.22. The number of carbonyl (C=O) groups is 2. The lowest BCUT2D eigenvalue weighted by Crippen LogP contribution is -2.40. The molecule has 2 rings (SSSR count). The van der Waals surface area contributed by atoms with Gasteiger partial charge in [0.15, 0.2) is 0 Å². The smallest absolute Gasteiger partial charge is 0.229 e. The van der Waals surface area contributed by atoms with Crippen LogP contribution >= 0.6 is 0 Å². The van der Waals surface area contributed by atoms with E-state index in [4.69, 9.17) is 0 Å². The Hall–Kier alpha value is -1.45. The van der Waals surface area contributed by atoms with Crippen molar-refractivity contribution >= 4 is 18.0 Å². The Balaban J connectivity index is 1.77. The van der Waals surface area contributed by atoms with Gasteiger partial charge in [0, 0.05) is 25.6 Å². The molecule has 2 aliphatic rings. The second-order valence-electron chi connectivity index (χ2n) is 4.17. The fourth-order valence-corrected chi connectivity index (χ4v) is 2.05. The third-order valence-electron chi connectivity index (χ3n) is 2.95. The number of carbonyl (C=O) groups excluding carboxylic acids is 2. The minimum atomic E-state index is -0.00896. The molecule has 1 saturated heterocycles. The number of allylic oxidation sites excluding steroid dienone is 1. The minimum absolute atomic E-state index is 0.00896. The van der Waals surface area contributed by atoms with Crippen LogP contribution in [0.2, 0.25) is 0 Å². The number of aliphatic imine (C=N–C) groups is 1. The molecule has 0 aromatic rings. The van der Waals surface area contributed by atoms with Gasteiger partial charge >= 0.3 is 0 Å². The van der Waals surface area contributed by atoms with Gasteiger partial charge in [-0.25, -0.2) is 0 Å². The molecule has 0 bridgehead atoms. The zero-order valence-electron chi connectivity index (χ0n) is 9.32. The Bertz CT molecular complexity index is 342. The maximum absolute atomic E-state index is 11.5. The molecule has 1 fully saturated rings. The zero-order chi connectivity index (χ0) is 11.4. The van der Waals surface area contributed by atoms with Crippen molar-refractivity contribution in [3.63, 3.8) is 0 Å². The van der Waals surface area contributed by atoms with E-state index < -0.39 is 0 Å². The number of hydrogen-bond donors (Lipinski definition) is 0. The number of likely N-dealkylation sites (tertiary alicyclic amines) is 1. The molecule has 4 heteroatoms. The lowest BCUT2D eigenvalue weighted by Gasteiger charge is -2.24. The molecule has 0 saturated carbocycles. The third-order valence-corrected chi connectivity index (χ3v) is 2.95. The second-order valence-corrected chi connectivity index (χ2v) is 4.17. The minimum Gasteiger partial charge on any atom is -0.289 e. The van der Waals surface area contributed by atoms with Crippen LogP contribution in [-0.4, -0.2) is 36.0 Å². The fourth-order valence-electron chi connectivity index (χ4n) is 2.05. The molecule has 0 aromatic heterocycles. The van der Waals surface area contributed by atoms with Crippen LogP contribution < -0.4 is 0 Å². The number of piperidine rings is 1. The van der Waals surface area contributed by atoms with Gasteiger partial charge < -0.3 is 0 Å². The van der Waals surface area contributed by atoms with Gasteiger partial charge in [-0.15, -0.1) is 0 Å². The Labute approximate surface area is 95.0 Å². The first-order valence-corrected chi connectivity index (χ1v) is 5.79. The molecule has 0 spiro atoms. The molecule has 4 nitrogen and oxygen atoms in total. The van der Waals surface area contributed by atoms with Gasteiger partial charge in [-0.2, -0.15) is 0 Å². The number of rotatable bonds is 4. The topological polar surface area (TPSA) is 49.7 Å². The predicted molar refractivity (Wildman–Crippen MR) is 61.2 cm³/mol.